The first-order valence-corrected chi connectivity index (χ1v) is 9.12. The average Bonchev–Trinajstić information content (AvgIpc) is 3.07. The highest BCUT2D eigenvalue weighted by Crippen LogP contribution is 2.10. The fraction of sp³-hybridized carbons (Fsp3) is 0.706. The van der Waals surface area contributed by atoms with Gasteiger partial charge in [0.2, 0.25) is 5.11 Å². The van der Waals surface area contributed by atoms with Crippen molar-refractivity contribution in [3.05, 3.63) is 18.5 Å². The maximum atomic E-state index is 11.5. The van der Waals surface area contributed by atoms with Crippen LogP contribution < -0.4 is 5.32 Å². The van der Waals surface area contributed by atoms with Crippen LogP contribution in [0.5, 0.6) is 0 Å². The Bertz CT molecular complexity index is 435. The van der Waals surface area contributed by atoms with Crippen LogP contribution in [0.25, 0.3) is 0 Å². The van der Waals surface area contributed by atoms with Crippen LogP contribution in [0.1, 0.15) is 71.1 Å². The van der Waals surface area contributed by atoms with E-state index in [4.69, 9.17) is 17.0 Å². The number of carbonyl (C=O) groups is 1. The number of nitrogens with one attached hydrogen (secondary N) is 1. The van der Waals surface area contributed by atoms with Crippen molar-refractivity contribution in [2.75, 3.05) is 6.61 Å². The van der Waals surface area contributed by atoms with E-state index in [1.807, 2.05) is 0 Å². The summed E-state index contributed by atoms with van der Waals surface area (Å²) in [4.78, 5) is 11.5. The molecule has 130 valence electrons. The highest BCUT2D eigenvalue weighted by atomic mass is 32.1. The third-order valence-corrected chi connectivity index (χ3v) is 3.94. The molecule has 0 aliphatic carbocycles. The van der Waals surface area contributed by atoms with E-state index in [1.165, 1.54) is 56.0 Å². The number of ether oxygens (including phenoxy) is 1. The molecule has 1 heterocycles. The Morgan fingerprint density at radius 2 is 1.70 bits per heavy atom. The molecule has 1 rings (SSSR count). The lowest BCUT2D eigenvalue weighted by atomic mass is 10.1. The number of aromatic nitrogens is 2. The maximum absolute atomic E-state index is 11.5. The van der Waals surface area contributed by atoms with Gasteiger partial charge in [0.15, 0.2) is 0 Å². The zero-order valence-electron chi connectivity index (χ0n) is 14.1. The molecule has 0 aliphatic heterocycles. The van der Waals surface area contributed by atoms with Gasteiger partial charge in [-0.1, -0.05) is 64.7 Å². The van der Waals surface area contributed by atoms with E-state index in [0.29, 0.717) is 6.61 Å². The predicted molar refractivity (Wildman–Crippen MR) is 96.6 cm³/mol. The van der Waals surface area contributed by atoms with Gasteiger partial charge in [0, 0.05) is 12.4 Å². The molecule has 0 atom stereocenters. The third kappa shape index (κ3) is 10.0. The molecule has 5 nitrogen and oxygen atoms in total. The molecule has 1 N–H and O–H groups in total. The van der Waals surface area contributed by atoms with E-state index in [2.05, 4.69) is 17.3 Å². The van der Waals surface area contributed by atoms with E-state index in [9.17, 15) is 4.79 Å². The lowest BCUT2D eigenvalue weighted by molar-refractivity contribution is 0.149. The zero-order chi connectivity index (χ0) is 16.8. The molecule has 0 radical (unpaired) electrons. The van der Waals surface area contributed by atoms with Crippen LogP contribution in [-0.4, -0.2) is 27.6 Å². The maximum Gasteiger partial charge on any atom is 0.413 e. The van der Waals surface area contributed by atoms with Crippen molar-refractivity contribution in [3.8, 4) is 0 Å². The summed E-state index contributed by atoms with van der Waals surface area (Å²) in [6, 6.07) is 1.74. The zero-order valence-corrected chi connectivity index (χ0v) is 14.9. The summed E-state index contributed by atoms with van der Waals surface area (Å²) >= 11 is 5.03. The molecule has 1 amide bonds. The van der Waals surface area contributed by atoms with Crippen LogP contribution in [0.15, 0.2) is 18.5 Å². The van der Waals surface area contributed by atoms with Gasteiger partial charge in [-0.2, -0.15) is 5.10 Å². The number of rotatable bonds is 11. The number of thiocarbonyl (C=S) groups is 1. The van der Waals surface area contributed by atoms with Gasteiger partial charge in [-0.3, -0.25) is 5.32 Å². The molecule has 0 spiro atoms. The number of hydrogen-bond acceptors (Lipinski definition) is 4. The summed E-state index contributed by atoms with van der Waals surface area (Å²) in [6.07, 6.45) is 15.3. The second-order valence-corrected chi connectivity index (χ2v) is 6.09. The van der Waals surface area contributed by atoms with Crippen LogP contribution in [-0.2, 0) is 4.74 Å². The Morgan fingerprint density at radius 3 is 2.26 bits per heavy atom. The number of alkyl carbamates (subject to hydrolysis) is 1. The molecular weight excluding hydrogens is 310 g/mol. The second-order valence-electron chi connectivity index (χ2n) is 5.70. The normalized spacial score (nSPS) is 10.5. The summed E-state index contributed by atoms with van der Waals surface area (Å²) in [5.41, 5.74) is 0. The standard InChI is InChI=1S/C17H29N3O2S/c1-2-3-4-5-6-7-8-9-10-11-15-22-17(21)19-16(23)20-14-12-13-18-20/h12-14H,2-11,15H2,1H3,(H,19,21,23). The number of amides is 1. The Labute approximate surface area is 144 Å². The van der Waals surface area contributed by atoms with E-state index in [0.717, 1.165) is 12.8 Å². The van der Waals surface area contributed by atoms with Gasteiger partial charge in [0.05, 0.1) is 6.61 Å². The van der Waals surface area contributed by atoms with Crippen molar-refractivity contribution in [1.29, 1.82) is 0 Å². The van der Waals surface area contributed by atoms with E-state index >= 15 is 0 Å². The number of nitrogens with zero attached hydrogens (tertiary/aromatic N) is 2. The Kier molecular flexibility index (Phi) is 11.1. The fourth-order valence-corrected chi connectivity index (χ4v) is 2.52. The summed E-state index contributed by atoms with van der Waals surface area (Å²) in [5, 5.41) is 6.65. The van der Waals surface area contributed by atoms with Gasteiger partial charge < -0.3 is 4.74 Å². The van der Waals surface area contributed by atoms with Crippen molar-refractivity contribution in [3.63, 3.8) is 0 Å². The molecule has 0 saturated carbocycles. The molecule has 0 saturated heterocycles. The first kappa shape index (κ1) is 19.6. The smallest absolute Gasteiger partial charge is 0.413 e. The van der Waals surface area contributed by atoms with E-state index < -0.39 is 6.09 Å². The monoisotopic (exact) mass is 339 g/mol. The molecule has 1 aromatic rings. The van der Waals surface area contributed by atoms with Crippen LogP contribution >= 0.6 is 12.2 Å². The number of carbonyl (C=O) groups excluding carboxylic acids is 1. The molecule has 0 aromatic carbocycles. The minimum atomic E-state index is -0.513. The molecule has 0 bridgehead atoms. The molecule has 23 heavy (non-hydrogen) atoms. The lowest BCUT2D eigenvalue weighted by Gasteiger charge is -2.07. The van der Waals surface area contributed by atoms with Crippen LogP contribution in [0.2, 0.25) is 0 Å². The first-order chi connectivity index (χ1) is 11.2. The van der Waals surface area contributed by atoms with Crippen LogP contribution in [0.3, 0.4) is 0 Å². The number of unbranched alkanes of at least 4 members (excludes halogenated alkanes) is 9. The summed E-state index contributed by atoms with van der Waals surface area (Å²) < 4.78 is 6.52. The molecule has 1 aromatic heterocycles. The topological polar surface area (TPSA) is 56.1 Å². The SMILES string of the molecule is CCCCCCCCCCCCOC(=O)NC(=S)n1cccn1. The summed E-state index contributed by atoms with van der Waals surface area (Å²) in [5.74, 6) is 0. The van der Waals surface area contributed by atoms with Gasteiger partial charge in [-0.05, 0) is 24.7 Å². The van der Waals surface area contributed by atoms with E-state index in [1.54, 1.807) is 18.5 Å². The van der Waals surface area contributed by atoms with Gasteiger partial charge >= 0.3 is 6.09 Å². The van der Waals surface area contributed by atoms with Gasteiger partial charge in [0.1, 0.15) is 0 Å². The van der Waals surface area contributed by atoms with Crippen molar-refractivity contribution >= 4 is 23.4 Å². The predicted octanol–water partition coefficient (Wildman–Crippen LogP) is 4.66. The highest BCUT2D eigenvalue weighted by molar-refractivity contribution is 7.80. The van der Waals surface area contributed by atoms with Gasteiger partial charge in [0.25, 0.3) is 0 Å². The Morgan fingerprint density at radius 1 is 1.09 bits per heavy atom. The minimum absolute atomic E-state index is 0.225. The summed E-state index contributed by atoms with van der Waals surface area (Å²) in [7, 11) is 0. The van der Waals surface area contributed by atoms with E-state index in [-0.39, 0.29) is 5.11 Å². The molecule has 0 unspecified atom stereocenters. The second kappa shape index (κ2) is 13.0. The molecule has 0 fully saturated rings. The number of hydrogen-bond donors (Lipinski definition) is 1. The average molecular weight is 340 g/mol. The summed E-state index contributed by atoms with van der Waals surface area (Å²) in [6.45, 7) is 2.68. The lowest BCUT2D eigenvalue weighted by Crippen LogP contribution is -2.34. The highest BCUT2D eigenvalue weighted by Gasteiger charge is 2.06. The van der Waals surface area contributed by atoms with Crippen LogP contribution in [0, 0.1) is 0 Å². The molecule has 6 heteroatoms. The minimum Gasteiger partial charge on any atom is -0.449 e. The van der Waals surface area contributed by atoms with Crippen molar-refractivity contribution in [1.82, 2.24) is 15.1 Å². The fourth-order valence-electron chi connectivity index (χ4n) is 2.32. The quantitative estimate of drug-likeness (QED) is 0.470. The Hall–Kier alpha value is -1.43. The first-order valence-electron chi connectivity index (χ1n) is 8.71. The van der Waals surface area contributed by atoms with Crippen molar-refractivity contribution in [2.45, 2.75) is 71.1 Å². The van der Waals surface area contributed by atoms with Crippen LogP contribution in [0.4, 0.5) is 4.79 Å². The van der Waals surface area contributed by atoms with Crippen molar-refractivity contribution in [2.24, 2.45) is 0 Å². The Balaban J connectivity index is 1.89. The van der Waals surface area contributed by atoms with Crippen molar-refractivity contribution < 1.29 is 9.53 Å². The molecule has 0 aliphatic rings. The van der Waals surface area contributed by atoms with Gasteiger partial charge in [-0.15, -0.1) is 0 Å². The molecular formula is C17H29N3O2S. The van der Waals surface area contributed by atoms with Gasteiger partial charge in [-0.25, -0.2) is 9.48 Å². The largest absolute Gasteiger partial charge is 0.449 e. The third-order valence-electron chi connectivity index (χ3n) is 3.65.